The Labute approximate surface area is 135 Å². The van der Waals surface area contributed by atoms with E-state index in [1.165, 1.54) is 18.2 Å². The summed E-state index contributed by atoms with van der Waals surface area (Å²) in [4.78, 5) is 0. The molecule has 3 N–H and O–H groups in total. The zero-order valence-corrected chi connectivity index (χ0v) is 12.5. The smallest absolute Gasteiger partial charge is 0.417 e. The van der Waals surface area contributed by atoms with E-state index in [-0.39, 0.29) is 41.5 Å². The molecule has 3 nitrogen and oxygen atoms in total. The first-order valence-corrected chi connectivity index (χ1v) is 7.40. The SMILES string of the molecule is NC[C@H]1CCc2c(O)c(F)cc(-c3ccccc3C(F)(F)F)c2O1. The number of fused-ring (bicyclic) bond motifs is 1. The van der Waals surface area contributed by atoms with Crippen LogP contribution < -0.4 is 10.5 Å². The highest BCUT2D eigenvalue weighted by molar-refractivity contribution is 5.77. The maximum atomic E-state index is 14.0. The third-order valence-electron chi connectivity index (χ3n) is 4.09. The van der Waals surface area contributed by atoms with E-state index in [2.05, 4.69) is 0 Å². The molecular weight excluding hydrogens is 326 g/mol. The van der Waals surface area contributed by atoms with E-state index in [0.717, 1.165) is 12.1 Å². The third kappa shape index (κ3) is 2.80. The molecule has 128 valence electrons. The van der Waals surface area contributed by atoms with Gasteiger partial charge in [0.05, 0.1) is 5.56 Å². The Balaban J connectivity index is 2.25. The zero-order valence-electron chi connectivity index (χ0n) is 12.5. The second kappa shape index (κ2) is 5.98. The normalized spacial score (nSPS) is 17.3. The van der Waals surface area contributed by atoms with Crippen molar-refractivity contribution in [1.82, 2.24) is 0 Å². The fourth-order valence-corrected chi connectivity index (χ4v) is 2.90. The van der Waals surface area contributed by atoms with Crippen LogP contribution in [0.25, 0.3) is 11.1 Å². The molecule has 1 aliphatic heterocycles. The summed E-state index contributed by atoms with van der Waals surface area (Å²) in [6.45, 7) is 0.179. The van der Waals surface area contributed by atoms with Gasteiger partial charge in [0, 0.05) is 17.7 Å². The van der Waals surface area contributed by atoms with Crippen LogP contribution in [0.3, 0.4) is 0 Å². The van der Waals surface area contributed by atoms with Crippen LogP contribution in [0, 0.1) is 5.82 Å². The highest BCUT2D eigenvalue weighted by atomic mass is 19.4. The van der Waals surface area contributed by atoms with Crippen molar-refractivity contribution >= 4 is 0 Å². The summed E-state index contributed by atoms with van der Waals surface area (Å²) >= 11 is 0. The molecule has 0 spiro atoms. The van der Waals surface area contributed by atoms with E-state index in [1.54, 1.807) is 0 Å². The van der Waals surface area contributed by atoms with Crippen molar-refractivity contribution in [2.45, 2.75) is 25.1 Å². The quantitative estimate of drug-likeness (QED) is 0.816. The molecule has 2 aromatic carbocycles. The molecule has 1 atom stereocenters. The number of aromatic hydroxyl groups is 1. The monoisotopic (exact) mass is 341 g/mol. The zero-order chi connectivity index (χ0) is 17.5. The van der Waals surface area contributed by atoms with Crippen molar-refractivity contribution in [2.24, 2.45) is 5.73 Å². The van der Waals surface area contributed by atoms with Crippen molar-refractivity contribution in [3.63, 3.8) is 0 Å². The van der Waals surface area contributed by atoms with Gasteiger partial charge in [-0.1, -0.05) is 18.2 Å². The molecule has 24 heavy (non-hydrogen) atoms. The molecule has 3 rings (SSSR count). The van der Waals surface area contributed by atoms with Crippen LogP contribution in [-0.2, 0) is 12.6 Å². The minimum atomic E-state index is -4.60. The number of rotatable bonds is 2. The van der Waals surface area contributed by atoms with Gasteiger partial charge in [-0.3, -0.25) is 0 Å². The molecule has 0 saturated carbocycles. The summed E-state index contributed by atoms with van der Waals surface area (Å²) in [6, 6.07) is 5.75. The Morgan fingerprint density at radius 2 is 1.92 bits per heavy atom. The molecule has 0 amide bonds. The molecule has 1 aliphatic rings. The molecular formula is C17H15F4NO2. The van der Waals surface area contributed by atoms with E-state index < -0.39 is 23.3 Å². The van der Waals surface area contributed by atoms with Crippen molar-refractivity contribution in [1.29, 1.82) is 0 Å². The standard InChI is InChI=1S/C17H15F4NO2/c18-14-7-12(10-3-1-2-4-13(10)17(19,20)21)16-11(15(14)23)6-5-9(8-22)24-16/h1-4,7,9,23H,5-6,8,22H2/t9-/m1/s1. The summed E-state index contributed by atoms with van der Waals surface area (Å²) in [5.41, 5.74) is 4.62. The molecule has 0 bridgehead atoms. The average molecular weight is 341 g/mol. The molecule has 7 heteroatoms. The number of nitrogens with two attached hydrogens (primary N) is 1. The van der Waals surface area contributed by atoms with Gasteiger partial charge in [-0.05, 0) is 30.5 Å². The number of ether oxygens (including phenoxy) is 1. The Morgan fingerprint density at radius 1 is 1.21 bits per heavy atom. The first-order chi connectivity index (χ1) is 11.3. The highest BCUT2D eigenvalue weighted by Gasteiger charge is 2.35. The van der Waals surface area contributed by atoms with Gasteiger partial charge >= 0.3 is 6.18 Å². The first kappa shape index (κ1) is 16.6. The minimum absolute atomic E-state index is 0.0358. The van der Waals surface area contributed by atoms with E-state index in [1.807, 2.05) is 0 Å². The summed E-state index contributed by atoms with van der Waals surface area (Å²) in [7, 11) is 0. The van der Waals surface area contributed by atoms with Crippen LogP contribution in [0.5, 0.6) is 11.5 Å². The summed E-state index contributed by atoms with van der Waals surface area (Å²) in [6.07, 6.45) is -4.25. The van der Waals surface area contributed by atoms with Crippen LogP contribution in [0.15, 0.2) is 30.3 Å². The van der Waals surface area contributed by atoms with Crippen molar-refractivity contribution < 1.29 is 27.4 Å². The number of hydrogen-bond donors (Lipinski definition) is 2. The number of alkyl halides is 3. The van der Waals surface area contributed by atoms with Crippen molar-refractivity contribution in [3.05, 3.63) is 47.3 Å². The highest BCUT2D eigenvalue weighted by Crippen LogP contribution is 2.46. The number of phenolic OH excluding ortho intramolecular Hbond substituents is 1. The lowest BCUT2D eigenvalue weighted by molar-refractivity contribution is -0.137. The lowest BCUT2D eigenvalue weighted by Crippen LogP contribution is -2.31. The maximum absolute atomic E-state index is 14.0. The maximum Gasteiger partial charge on any atom is 0.417 e. The fraction of sp³-hybridized carbons (Fsp3) is 0.294. The topological polar surface area (TPSA) is 55.5 Å². The third-order valence-corrected chi connectivity index (χ3v) is 4.09. The Morgan fingerprint density at radius 3 is 2.58 bits per heavy atom. The van der Waals surface area contributed by atoms with Gasteiger partial charge in [-0.25, -0.2) is 4.39 Å². The summed E-state index contributed by atoms with van der Waals surface area (Å²) < 4.78 is 59.6. The van der Waals surface area contributed by atoms with Gasteiger partial charge in [-0.2, -0.15) is 13.2 Å². The second-order valence-corrected chi connectivity index (χ2v) is 5.62. The van der Waals surface area contributed by atoms with E-state index >= 15 is 0 Å². The van der Waals surface area contributed by atoms with Gasteiger partial charge in [0.25, 0.3) is 0 Å². The van der Waals surface area contributed by atoms with Crippen molar-refractivity contribution in [3.8, 4) is 22.6 Å². The predicted molar refractivity (Wildman–Crippen MR) is 80.3 cm³/mol. The van der Waals surface area contributed by atoms with Crippen LogP contribution in [-0.4, -0.2) is 17.8 Å². The molecule has 0 radical (unpaired) electrons. The summed E-state index contributed by atoms with van der Waals surface area (Å²) in [5, 5.41) is 9.89. The molecule has 0 fully saturated rings. The largest absolute Gasteiger partial charge is 0.505 e. The van der Waals surface area contributed by atoms with Gasteiger partial charge < -0.3 is 15.6 Å². The lowest BCUT2D eigenvalue weighted by Gasteiger charge is -2.28. The Bertz CT molecular complexity index is 774. The van der Waals surface area contributed by atoms with Gasteiger partial charge in [0.1, 0.15) is 11.9 Å². The Hall–Kier alpha value is -2.28. The van der Waals surface area contributed by atoms with Crippen LogP contribution >= 0.6 is 0 Å². The molecule has 1 heterocycles. The number of hydrogen-bond acceptors (Lipinski definition) is 3. The average Bonchev–Trinajstić information content (AvgIpc) is 2.57. The van der Waals surface area contributed by atoms with E-state index in [0.29, 0.717) is 6.42 Å². The van der Waals surface area contributed by atoms with Crippen molar-refractivity contribution in [2.75, 3.05) is 6.54 Å². The number of halogens is 4. The van der Waals surface area contributed by atoms with Gasteiger partial charge in [0.15, 0.2) is 11.6 Å². The molecule has 0 saturated heterocycles. The molecule has 2 aromatic rings. The van der Waals surface area contributed by atoms with E-state index in [4.69, 9.17) is 10.5 Å². The fourth-order valence-electron chi connectivity index (χ4n) is 2.90. The number of benzene rings is 2. The van der Waals surface area contributed by atoms with Crippen LogP contribution in [0.1, 0.15) is 17.5 Å². The molecule has 0 aromatic heterocycles. The molecule has 0 unspecified atom stereocenters. The number of phenols is 1. The van der Waals surface area contributed by atoms with Crippen LogP contribution in [0.4, 0.5) is 17.6 Å². The Kier molecular flexibility index (Phi) is 4.13. The first-order valence-electron chi connectivity index (χ1n) is 7.40. The van der Waals surface area contributed by atoms with E-state index in [9.17, 15) is 22.7 Å². The summed E-state index contributed by atoms with van der Waals surface area (Å²) in [5.74, 6) is -1.50. The lowest BCUT2D eigenvalue weighted by atomic mass is 9.92. The van der Waals surface area contributed by atoms with Crippen LogP contribution in [0.2, 0.25) is 0 Å². The van der Waals surface area contributed by atoms with Gasteiger partial charge in [0.2, 0.25) is 0 Å². The molecule has 0 aliphatic carbocycles. The minimum Gasteiger partial charge on any atom is -0.505 e. The predicted octanol–water partition coefficient (Wildman–Crippen LogP) is 3.87. The second-order valence-electron chi connectivity index (χ2n) is 5.62. The van der Waals surface area contributed by atoms with Gasteiger partial charge in [-0.15, -0.1) is 0 Å².